The smallest absolute Gasteiger partial charge is 0.271 e. The number of thiazole rings is 1. The predicted octanol–water partition coefficient (Wildman–Crippen LogP) is 2.42. The van der Waals surface area contributed by atoms with Gasteiger partial charge in [-0.15, -0.1) is 11.3 Å². The maximum Gasteiger partial charge on any atom is 0.443 e. The first-order chi connectivity index (χ1) is 8.02. The van der Waals surface area contributed by atoms with Gasteiger partial charge in [-0.25, -0.2) is 4.98 Å². The molecule has 0 spiro atoms. The van der Waals surface area contributed by atoms with E-state index < -0.39 is 11.2 Å². The molecule has 0 saturated carbocycles. The van der Waals surface area contributed by atoms with Gasteiger partial charge in [-0.3, -0.25) is 11.3 Å². The lowest BCUT2D eigenvalue weighted by atomic mass is 9.99. The van der Waals surface area contributed by atoms with E-state index in [4.69, 9.17) is 5.84 Å². The van der Waals surface area contributed by atoms with Crippen LogP contribution in [-0.4, -0.2) is 16.5 Å². The molecule has 3 nitrogen and oxygen atoms in total. The highest BCUT2D eigenvalue weighted by atomic mass is 32.2. The van der Waals surface area contributed by atoms with Gasteiger partial charge in [0.05, 0.1) is 6.04 Å². The fraction of sp³-hybridized carbons (Fsp3) is 0.667. The standard InChI is InChI=1S/C9H12F3N3S2/c10-9(11,12)8-14-3-6(17-8)7(15-13)5-1-2-16-4-5/h3,5,7,15H,1-2,4,13H2. The molecule has 96 valence electrons. The molecule has 2 rings (SSSR count). The van der Waals surface area contributed by atoms with Crippen molar-refractivity contribution >= 4 is 23.1 Å². The highest BCUT2D eigenvalue weighted by Gasteiger charge is 2.36. The molecule has 8 heteroatoms. The number of aromatic nitrogens is 1. The lowest BCUT2D eigenvalue weighted by molar-refractivity contribution is -0.137. The van der Waals surface area contributed by atoms with E-state index in [1.807, 2.05) is 0 Å². The summed E-state index contributed by atoms with van der Waals surface area (Å²) in [6, 6.07) is -0.224. The van der Waals surface area contributed by atoms with Crippen LogP contribution in [0.1, 0.15) is 22.3 Å². The molecule has 1 aliphatic heterocycles. The Kier molecular flexibility index (Phi) is 3.96. The Hall–Kier alpha value is -0.310. The third-order valence-corrected chi connectivity index (χ3v) is 5.00. The summed E-state index contributed by atoms with van der Waals surface area (Å²) in [4.78, 5) is 3.98. The van der Waals surface area contributed by atoms with Crippen LogP contribution in [0.3, 0.4) is 0 Å². The third kappa shape index (κ3) is 2.93. The number of halogens is 3. The van der Waals surface area contributed by atoms with Gasteiger partial charge in [-0.2, -0.15) is 24.9 Å². The maximum absolute atomic E-state index is 12.4. The SMILES string of the molecule is NNC(c1cnc(C(F)(F)F)s1)C1CCSC1. The summed E-state index contributed by atoms with van der Waals surface area (Å²) in [5, 5.41) is -0.807. The number of nitrogens with two attached hydrogens (primary N) is 1. The van der Waals surface area contributed by atoms with E-state index in [-0.39, 0.29) is 12.0 Å². The van der Waals surface area contributed by atoms with Crippen LogP contribution >= 0.6 is 23.1 Å². The van der Waals surface area contributed by atoms with Crippen LogP contribution in [0.5, 0.6) is 0 Å². The number of hydrazine groups is 1. The highest BCUT2D eigenvalue weighted by Crippen LogP contribution is 2.39. The van der Waals surface area contributed by atoms with Crippen LogP contribution < -0.4 is 11.3 Å². The molecular formula is C9H12F3N3S2. The molecule has 0 amide bonds. The first-order valence-corrected chi connectivity index (χ1v) is 7.06. The van der Waals surface area contributed by atoms with E-state index in [9.17, 15) is 13.2 Å². The maximum atomic E-state index is 12.4. The van der Waals surface area contributed by atoms with E-state index in [2.05, 4.69) is 10.4 Å². The zero-order chi connectivity index (χ0) is 12.5. The van der Waals surface area contributed by atoms with Crippen LogP contribution in [0.2, 0.25) is 0 Å². The molecule has 2 heterocycles. The molecule has 0 aromatic carbocycles. The summed E-state index contributed by atoms with van der Waals surface area (Å²) in [5.41, 5.74) is 2.61. The van der Waals surface area contributed by atoms with Crippen molar-refractivity contribution in [1.82, 2.24) is 10.4 Å². The lowest BCUT2D eigenvalue weighted by Gasteiger charge is -2.20. The van der Waals surface area contributed by atoms with Crippen LogP contribution in [0.25, 0.3) is 0 Å². The Balaban J connectivity index is 2.17. The number of hydrogen-bond donors (Lipinski definition) is 2. The second-order valence-corrected chi connectivity index (χ2v) is 6.05. The van der Waals surface area contributed by atoms with Crippen molar-refractivity contribution in [3.05, 3.63) is 16.1 Å². The fourth-order valence-corrected chi connectivity index (χ4v) is 4.06. The van der Waals surface area contributed by atoms with Crippen molar-refractivity contribution in [2.24, 2.45) is 11.8 Å². The minimum absolute atomic E-state index is 0.224. The van der Waals surface area contributed by atoms with Gasteiger partial charge in [0.15, 0.2) is 5.01 Å². The average molecular weight is 283 g/mol. The summed E-state index contributed by atoms with van der Waals surface area (Å²) in [6.45, 7) is 0. The molecule has 17 heavy (non-hydrogen) atoms. The molecule has 1 fully saturated rings. The number of alkyl halides is 3. The zero-order valence-electron chi connectivity index (χ0n) is 8.83. The molecule has 3 N–H and O–H groups in total. The molecule has 0 bridgehead atoms. The summed E-state index contributed by atoms with van der Waals surface area (Å²) < 4.78 is 37.3. The summed E-state index contributed by atoms with van der Waals surface area (Å²) in [7, 11) is 0. The number of nitrogens with one attached hydrogen (secondary N) is 1. The average Bonchev–Trinajstić information content (AvgIpc) is 2.87. The van der Waals surface area contributed by atoms with Crippen molar-refractivity contribution in [2.45, 2.75) is 18.6 Å². The van der Waals surface area contributed by atoms with E-state index in [0.29, 0.717) is 16.2 Å². The molecular weight excluding hydrogens is 271 g/mol. The van der Waals surface area contributed by atoms with Crippen LogP contribution in [0.4, 0.5) is 13.2 Å². The Labute approximate surface area is 105 Å². The van der Waals surface area contributed by atoms with Crippen LogP contribution in [0.15, 0.2) is 6.20 Å². The van der Waals surface area contributed by atoms with Gasteiger partial charge >= 0.3 is 6.18 Å². The van der Waals surface area contributed by atoms with Crippen molar-refractivity contribution in [2.75, 3.05) is 11.5 Å². The third-order valence-electron chi connectivity index (χ3n) is 2.69. The normalized spacial score (nSPS) is 22.9. The largest absolute Gasteiger partial charge is 0.443 e. The summed E-state index contributed by atoms with van der Waals surface area (Å²) in [6.07, 6.45) is -2.12. The van der Waals surface area contributed by atoms with Gasteiger partial charge in [-0.1, -0.05) is 0 Å². The number of hydrogen-bond acceptors (Lipinski definition) is 5. The molecule has 0 radical (unpaired) electrons. The van der Waals surface area contributed by atoms with Gasteiger partial charge in [0.25, 0.3) is 0 Å². The Morgan fingerprint density at radius 1 is 1.53 bits per heavy atom. The lowest BCUT2D eigenvalue weighted by Crippen LogP contribution is -2.33. The van der Waals surface area contributed by atoms with E-state index >= 15 is 0 Å². The molecule has 1 saturated heterocycles. The van der Waals surface area contributed by atoms with Gasteiger partial charge in [-0.05, 0) is 23.8 Å². The minimum Gasteiger partial charge on any atom is -0.271 e. The van der Waals surface area contributed by atoms with Gasteiger partial charge in [0.1, 0.15) is 0 Å². The van der Waals surface area contributed by atoms with Gasteiger partial charge in [0.2, 0.25) is 0 Å². The van der Waals surface area contributed by atoms with Gasteiger partial charge < -0.3 is 0 Å². The van der Waals surface area contributed by atoms with Crippen molar-refractivity contribution in [3.8, 4) is 0 Å². The molecule has 0 aliphatic carbocycles. The topological polar surface area (TPSA) is 50.9 Å². The Morgan fingerprint density at radius 3 is 2.76 bits per heavy atom. The van der Waals surface area contributed by atoms with Gasteiger partial charge in [0, 0.05) is 11.1 Å². The number of rotatable bonds is 3. The van der Waals surface area contributed by atoms with Crippen molar-refractivity contribution in [1.29, 1.82) is 0 Å². The van der Waals surface area contributed by atoms with E-state index in [1.54, 1.807) is 11.8 Å². The highest BCUT2D eigenvalue weighted by molar-refractivity contribution is 7.99. The van der Waals surface area contributed by atoms with E-state index in [1.165, 1.54) is 6.20 Å². The Bertz CT molecular complexity index is 374. The first-order valence-electron chi connectivity index (χ1n) is 5.09. The monoisotopic (exact) mass is 283 g/mol. The molecule has 2 atom stereocenters. The Morgan fingerprint density at radius 2 is 2.29 bits per heavy atom. The van der Waals surface area contributed by atoms with Crippen molar-refractivity contribution < 1.29 is 13.2 Å². The zero-order valence-corrected chi connectivity index (χ0v) is 10.5. The second-order valence-electron chi connectivity index (χ2n) is 3.83. The predicted molar refractivity (Wildman–Crippen MR) is 62.6 cm³/mol. The summed E-state index contributed by atoms with van der Waals surface area (Å²) in [5.74, 6) is 7.69. The number of thioether (sulfide) groups is 1. The summed E-state index contributed by atoms with van der Waals surface area (Å²) >= 11 is 2.47. The van der Waals surface area contributed by atoms with Crippen LogP contribution in [0, 0.1) is 5.92 Å². The molecule has 1 aromatic heterocycles. The molecule has 1 aromatic rings. The van der Waals surface area contributed by atoms with E-state index in [0.717, 1.165) is 17.9 Å². The van der Waals surface area contributed by atoms with Crippen molar-refractivity contribution in [3.63, 3.8) is 0 Å². The minimum atomic E-state index is -4.37. The second kappa shape index (κ2) is 5.13. The van der Waals surface area contributed by atoms with Crippen LogP contribution in [-0.2, 0) is 6.18 Å². The molecule has 2 unspecified atom stereocenters. The quantitative estimate of drug-likeness (QED) is 0.661. The first kappa shape index (κ1) is 13.1. The fourth-order valence-electron chi connectivity index (χ4n) is 1.83. The molecule has 1 aliphatic rings. The number of nitrogens with zero attached hydrogens (tertiary/aromatic N) is 1.